The summed E-state index contributed by atoms with van der Waals surface area (Å²) in [6.45, 7) is 4.65. The number of hydrogen-bond donors (Lipinski definition) is 2. The van der Waals surface area contributed by atoms with Crippen molar-refractivity contribution < 1.29 is 9.94 Å². The molecule has 0 saturated carbocycles. The number of benzene rings is 1. The Labute approximate surface area is 137 Å². The van der Waals surface area contributed by atoms with Gasteiger partial charge in [0.1, 0.15) is 18.4 Å². The topological polar surface area (TPSA) is 66.7 Å². The molecule has 1 aromatic carbocycles. The van der Waals surface area contributed by atoms with Crippen LogP contribution in [0.25, 0.3) is 0 Å². The Morgan fingerprint density at radius 3 is 2.57 bits per heavy atom. The van der Waals surface area contributed by atoms with Crippen LogP contribution in [0.2, 0.25) is 0 Å². The normalized spacial score (nSPS) is 13.1. The lowest BCUT2D eigenvalue weighted by molar-refractivity contribution is 0.0396. The Morgan fingerprint density at radius 2 is 1.91 bits per heavy atom. The molecule has 2 N–H and O–H groups in total. The first-order valence-electron chi connectivity index (χ1n) is 7.75. The van der Waals surface area contributed by atoms with Gasteiger partial charge in [0.15, 0.2) is 0 Å². The summed E-state index contributed by atoms with van der Waals surface area (Å²) < 4.78 is 0. The van der Waals surface area contributed by atoms with Gasteiger partial charge in [0.05, 0.1) is 5.69 Å². The molecule has 0 spiro atoms. The predicted molar refractivity (Wildman–Crippen MR) is 91.4 cm³/mol. The fourth-order valence-corrected chi connectivity index (χ4v) is 1.96. The number of aromatic nitrogens is 1. The highest BCUT2D eigenvalue weighted by Gasteiger charge is 2.10. The summed E-state index contributed by atoms with van der Waals surface area (Å²) in [6.07, 6.45) is 1.11. The van der Waals surface area contributed by atoms with E-state index in [4.69, 9.17) is 4.84 Å². The van der Waals surface area contributed by atoms with Crippen molar-refractivity contribution in [3.05, 3.63) is 66.0 Å². The first kappa shape index (κ1) is 17.1. The second kappa shape index (κ2) is 9.02. The fraction of sp³-hybridized carbons (Fsp3) is 0.333. The van der Waals surface area contributed by atoms with Gasteiger partial charge >= 0.3 is 0 Å². The van der Waals surface area contributed by atoms with Crippen molar-refractivity contribution in [1.82, 2.24) is 10.3 Å². The van der Waals surface area contributed by atoms with Gasteiger partial charge in [-0.05, 0) is 12.1 Å². The Hall–Kier alpha value is -2.24. The van der Waals surface area contributed by atoms with Gasteiger partial charge < -0.3 is 15.3 Å². The monoisotopic (exact) mass is 313 g/mol. The van der Waals surface area contributed by atoms with Gasteiger partial charge in [-0.25, -0.2) is 0 Å². The van der Waals surface area contributed by atoms with Crippen LogP contribution in [0.15, 0.2) is 59.9 Å². The zero-order valence-electron chi connectivity index (χ0n) is 13.5. The molecule has 2 aromatic rings. The van der Waals surface area contributed by atoms with E-state index in [1.165, 1.54) is 0 Å². The molecular weight excluding hydrogens is 290 g/mol. The third-order valence-electron chi connectivity index (χ3n) is 3.14. The van der Waals surface area contributed by atoms with Crippen LogP contribution in [0.3, 0.4) is 0 Å². The Morgan fingerprint density at radius 1 is 1.17 bits per heavy atom. The van der Waals surface area contributed by atoms with E-state index in [2.05, 4.69) is 15.5 Å². The Kier molecular flexibility index (Phi) is 6.72. The number of pyridine rings is 1. The van der Waals surface area contributed by atoms with E-state index in [0.29, 0.717) is 18.3 Å². The zero-order chi connectivity index (χ0) is 16.5. The van der Waals surface area contributed by atoms with Crippen molar-refractivity contribution in [1.29, 1.82) is 0 Å². The van der Waals surface area contributed by atoms with E-state index in [1.54, 1.807) is 6.20 Å². The van der Waals surface area contributed by atoms with Gasteiger partial charge in [-0.3, -0.25) is 4.98 Å². The van der Waals surface area contributed by atoms with Crippen LogP contribution in [-0.4, -0.2) is 41.1 Å². The molecule has 5 nitrogen and oxygen atoms in total. The number of oxime groups is 1. The molecule has 0 aliphatic heterocycles. The second-order valence-corrected chi connectivity index (χ2v) is 5.53. The fourth-order valence-electron chi connectivity index (χ4n) is 1.96. The largest absolute Gasteiger partial charge is 0.392 e. The molecule has 1 heterocycles. The summed E-state index contributed by atoms with van der Waals surface area (Å²) in [5.74, 6) is 0. The molecule has 122 valence electrons. The zero-order valence-corrected chi connectivity index (χ0v) is 13.5. The minimum atomic E-state index is -0.609. The third kappa shape index (κ3) is 5.81. The molecule has 0 unspecified atom stereocenters. The number of nitrogens with zero attached hydrogens (tertiary/aromatic N) is 2. The van der Waals surface area contributed by atoms with Crippen LogP contribution in [0.1, 0.15) is 25.1 Å². The average Bonchev–Trinajstić information content (AvgIpc) is 2.58. The molecular formula is C18H23N3O2. The molecule has 0 aliphatic rings. The lowest BCUT2D eigenvalue weighted by atomic mass is 10.1. The summed E-state index contributed by atoms with van der Waals surface area (Å²) in [4.78, 5) is 9.68. The highest BCUT2D eigenvalue weighted by Crippen LogP contribution is 2.09. The number of rotatable bonds is 8. The molecule has 5 heteroatoms. The van der Waals surface area contributed by atoms with Gasteiger partial charge in [0.2, 0.25) is 0 Å². The first-order valence-corrected chi connectivity index (χ1v) is 7.75. The molecule has 1 atom stereocenters. The highest BCUT2D eigenvalue weighted by molar-refractivity contribution is 6.11. The number of aliphatic hydroxyl groups excluding tert-OH is 1. The SMILES string of the molecule is CC(C)NC[C@@H](O)CON=C(c1ccccc1)c1ccccn1. The molecule has 0 fully saturated rings. The summed E-state index contributed by atoms with van der Waals surface area (Å²) in [7, 11) is 0. The average molecular weight is 313 g/mol. The van der Waals surface area contributed by atoms with Gasteiger partial charge in [-0.15, -0.1) is 0 Å². The number of nitrogens with one attached hydrogen (secondary N) is 1. The Balaban J connectivity index is 2.06. The maximum absolute atomic E-state index is 9.88. The molecule has 0 radical (unpaired) electrons. The van der Waals surface area contributed by atoms with E-state index in [9.17, 15) is 5.11 Å². The molecule has 0 amide bonds. The van der Waals surface area contributed by atoms with Crippen molar-refractivity contribution in [2.24, 2.45) is 5.16 Å². The molecule has 0 saturated heterocycles. The highest BCUT2D eigenvalue weighted by atomic mass is 16.6. The maximum Gasteiger partial charge on any atom is 0.144 e. The van der Waals surface area contributed by atoms with E-state index in [0.717, 1.165) is 11.3 Å². The van der Waals surface area contributed by atoms with Crippen LogP contribution >= 0.6 is 0 Å². The van der Waals surface area contributed by atoms with Gasteiger partial charge in [-0.2, -0.15) is 0 Å². The smallest absolute Gasteiger partial charge is 0.144 e. The maximum atomic E-state index is 9.88. The van der Waals surface area contributed by atoms with Crippen LogP contribution < -0.4 is 5.32 Å². The minimum Gasteiger partial charge on any atom is -0.392 e. The van der Waals surface area contributed by atoms with Crippen molar-refractivity contribution in [2.75, 3.05) is 13.2 Å². The summed E-state index contributed by atoms with van der Waals surface area (Å²) in [5.41, 5.74) is 2.30. The van der Waals surface area contributed by atoms with Gasteiger partial charge in [0.25, 0.3) is 0 Å². The summed E-state index contributed by atoms with van der Waals surface area (Å²) in [6, 6.07) is 15.7. The van der Waals surface area contributed by atoms with Crippen LogP contribution in [0.5, 0.6) is 0 Å². The lowest BCUT2D eigenvalue weighted by Crippen LogP contribution is -2.34. The lowest BCUT2D eigenvalue weighted by Gasteiger charge is -2.13. The predicted octanol–water partition coefficient (Wildman–Crippen LogP) is 2.21. The van der Waals surface area contributed by atoms with E-state index in [-0.39, 0.29) is 6.61 Å². The van der Waals surface area contributed by atoms with Crippen molar-refractivity contribution in [3.8, 4) is 0 Å². The van der Waals surface area contributed by atoms with Crippen LogP contribution in [0.4, 0.5) is 0 Å². The first-order chi connectivity index (χ1) is 11.2. The van der Waals surface area contributed by atoms with E-state index < -0.39 is 6.10 Å². The van der Waals surface area contributed by atoms with Crippen molar-refractivity contribution in [3.63, 3.8) is 0 Å². The second-order valence-electron chi connectivity index (χ2n) is 5.53. The van der Waals surface area contributed by atoms with Crippen molar-refractivity contribution in [2.45, 2.75) is 26.0 Å². The standard InChI is InChI=1S/C18H23N3O2/c1-14(2)20-12-16(22)13-23-21-18(15-8-4-3-5-9-15)17-10-6-7-11-19-17/h3-11,14,16,20,22H,12-13H2,1-2H3/t16-/m1/s1. The number of hydrogen-bond acceptors (Lipinski definition) is 5. The Bertz CT molecular complexity index is 559. The van der Waals surface area contributed by atoms with Crippen LogP contribution in [-0.2, 0) is 4.84 Å². The molecule has 0 aliphatic carbocycles. The molecule has 2 rings (SSSR count). The molecule has 1 aromatic heterocycles. The summed E-state index contributed by atoms with van der Waals surface area (Å²) in [5, 5.41) is 17.2. The number of aliphatic hydroxyl groups is 1. The molecule has 0 bridgehead atoms. The van der Waals surface area contributed by atoms with E-state index in [1.807, 2.05) is 62.4 Å². The van der Waals surface area contributed by atoms with E-state index >= 15 is 0 Å². The van der Waals surface area contributed by atoms with Crippen molar-refractivity contribution >= 4 is 5.71 Å². The van der Waals surface area contributed by atoms with Gasteiger partial charge in [-0.1, -0.05) is 55.4 Å². The van der Waals surface area contributed by atoms with Crippen LogP contribution in [0, 0.1) is 0 Å². The quantitative estimate of drug-likeness (QED) is 0.579. The summed E-state index contributed by atoms with van der Waals surface area (Å²) >= 11 is 0. The van der Waals surface area contributed by atoms with Gasteiger partial charge in [0, 0.05) is 24.3 Å². The minimum absolute atomic E-state index is 0.128. The third-order valence-corrected chi connectivity index (χ3v) is 3.14. The molecule has 23 heavy (non-hydrogen) atoms.